The molecule has 15 heavy (non-hydrogen) atoms. The summed E-state index contributed by atoms with van der Waals surface area (Å²) >= 11 is 0. The van der Waals surface area contributed by atoms with E-state index in [0.717, 1.165) is 6.61 Å². The highest BCUT2D eigenvalue weighted by molar-refractivity contribution is 4.72. The van der Waals surface area contributed by atoms with Crippen LogP contribution in [-0.4, -0.2) is 37.2 Å². The van der Waals surface area contributed by atoms with Crippen LogP contribution >= 0.6 is 0 Å². The molecule has 0 aliphatic carbocycles. The summed E-state index contributed by atoms with van der Waals surface area (Å²) in [6.45, 7) is 9.24. The summed E-state index contributed by atoms with van der Waals surface area (Å²) in [4.78, 5) is 2.59. The van der Waals surface area contributed by atoms with Gasteiger partial charge in [-0.25, -0.2) is 0 Å². The monoisotopic (exact) mass is 213 g/mol. The Bertz CT molecular complexity index is 141. The minimum atomic E-state index is 0.550. The lowest BCUT2D eigenvalue weighted by molar-refractivity contribution is 0.00621. The predicted molar refractivity (Wildman–Crippen MR) is 65.2 cm³/mol. The fourth-order valence-electron chi connectivity index (χ4n) is 2.08. The molecule has 0 spiro atoms. The lowest BCUT2D eigenvalue weighted by Gasteiger charge is -2.31. The van der Waals surface area contributed by atoms with Crippen molar-refractivity contribution in [1.29, 1.82) is 0 Å². The SMILES string of the molecule is CCCCOC1CCN(CCCC)CC1. The minimum absolute atomic E-state index is 0.550. The van der Waals surface area contributed by atoms with Crippen LogP contribution in [0.1, 0.15) is 52.4 Å². The van der Waals surface area contributed by atoms with Gasteiger partial charge >= 0.3 is 0 Å². The second-order valence-electron chi connectivity index (χ2n) is 4.62. The van der Waals surface area contributed by atoms with Crippen molar-refractivity contribution in [3.05, 3.63) is 0 Å². The van der Waals surface area contributed by atoms with E-state index in [4.69, 9.17) is 4.74 Å². The fourth-order valence-corrected chi connectivity index (χ4v) is 2.08. The van der Waals surface area contributed by atoms with E-state index < -0.39 is 0 Å². The first kappa shape index (κ1) is 13.0. The van der Waals surface area contributed by atoms with Crippen LogP contribution in [-0.2, 0) is 4.74 Å². The van der Waals surface area contributed by atoms with Gasteiger partial charge in [0, 0.05) is 19.7 Å². The van der Waals surface area contributed by atoms with Crippen molar-refractivity contribution >= 4 is 0 Å². The van der Waals surface area contributed by atoms with E-state index in [1.54, 1.807) is 0 Å². The van der Waals surface area contributed by atoms with Gasteiger partial charge in [-0.15, -0.1) is 0 Å². The molecule has 1 fully saturated rings. The van der Waals surface area contributed by atoms with Crippen LogP contribution in [0.5, 0.6) is 0 Å². The summed E-state index contributed by atoms with van der Waals surface area (Å²) < 4.78 is 5.85. The van der Waals surface area contributed by atoms with Crippen LogP contribution in [0.25, 0.3) is 0 Å². The molecule has 0 unspecified atom stereocenters. The predicted octanol–water partition coefficient (Wildman–Crippen LogP) is 3.07. The van der Waals surface area contributed by atoms with Gasteiger partial charge in [-0.3, -0.25) is 0 Å². The number of hydrogen-bond donors (Lipinski definition) is 0. The molecule has 1 heterocycles. The molecule has 0 radical (unpaired) electrons. The molecule has 0 aromatic rings. The van der Waals surface area contributed by atoms with Gasteiger partial charge in [0.05, 0.1) is 6.10 Å². The van der Waals surface area contributed by atoms with Gasteiger partial charge in [0.15, 0.2) is 0 Å². The first-order valence-corrected chi connectivity index (χ1v) is 6.70. The summed E-state index contributed by atoms with van der Waals surface area (Å²) in [7, 11) is 0. The Morgan fingerprint density at radius 2 is 1.73 bits per heavy atom. The molecule has 0 atom stereocenters. The largest absolute Gasteiger partial charge is 0.378 e. The highest BCUT2D eigenvalue weighted by Gasteiger charge is 2.18. The lowest BCUT2D eigenvalue weighted by atomic mass is 10.1. The van der Waals surface area contributed by atoms with Crippen molar-refractivity contribution < 1.29 is 4.74 Å². The van der Waals surface area contributed by atoms with E-state index in [9.17, 15) is 0 Å². The van der Waals surface area contributed by atoms with Crippen molar-refractivity contribution in [2.24, 2.45) is 0 Å². The summed E-state index contributed by atoms with van der Waals surface area (Å²) in [6.07, 6.45) is 8.16. The quantitative estimate of drug-likeness (QED) is 0.603. The average Bonchev–Trinajstić information content (AvgIpc) is 2.28. The maximum absolute atomic E-state index is 5.85. The molecule has 0 aromatic carbocycles. The van der Waals surface area contributed by atoms with E-state index in [0.29, 0.717) is 6.10 Å². The molecule has 1 rings (SSSR count). The van der Waals surface area contributed by atoms with E-state index in [-0.39, 0.29) is 0 Å². The summed E-state index contributed by atoms with van der Waals surface area (Å²) in [5.41, 5.74) is 0. The molecule has 0 amide bonds. The first-order valence-electron chi connectivity index (χ1n) is 6.70. The van der Waals surface area contributed by atoms with Crippen molar-refractivity contribution in [2.45, 2.75) is 58.5 Å². The Hall–Kier alpha value is -0.0800. The normalized spacial score (nSPS) is 19.6. The number of nitrogens with zero attached hydrogens (tertiary/aromatic N) is 1. The lowest BCUT2D eigenvalue weighted by Crippen LogP contribution is -2.37. The van der Waals surface area contributed by atoms with Crippen LogP contribution in [0.4, 0.5) is 0 Å². The second kappa shape index (κ2) is 8.12. The molecule has 0 N–H and O–H groups in total. The molecule has 90 valence electrons. The number of piperidine rings is 1. The van der Waals surface area contributed by atoms with Crippen LogP contribution in [0.15, 0.2) is 0 Å². The van der Waals surface area contributed by atoms with Gasteiger partial charge in [0.1, 0.15) is 0 Å². The molecule has 0 saturated carbocycles. The highest BCUT2D eigenvalue weighted by Crippen LogP contribution is 2.14. The summed E-state index contributed by atoms with van der Waals surface area (Å²) in [5, 5.41) is 0. The minimum Gasteiger partial charge on any atom is -0.378 e. The van der Waals surface area contributed by atoms with E-state index in [1.807, 2.05) is 0 Å². The van der Waals surface area contributed by atoms with Crippen molar-refractivity contribution in [1.82, 2.24) is 4.90 Å². The van der Waals surface area contributed by atoms with Crippen LogP contribution in [0, 0.1) is 0 Å². The summed E-state index contributed by atoms with van der Waals surface area (Å²) in [6, 6.07) is 0. The van der Waals surface area contributed by atoms with Gasteiger partial charge in [0.2, 0.25) is 0 Å². The molecular weight excluding hydrogens is 186 g/mol. The smallest absolute Gasteiger partial charge is 0.0599 e. The standard InChI is InChI=1S/C13H27NO/c1-3-5-9-14-10-7-13(8-11-14)15-12-6-4-2/h13H,3-12H2,1-2H3. The number of rotatable bonds is 7. The number of likely N-dealkylation sites (tertiary alicyclic amines) is 1. The zero-order chi connectivity index (χ0) is 10.9. The third-order valence-electron chi connectivity index (χ3n) is 3.21. The molecular formula is C13H27NO. The molecule has 0 bridgehead atoms. The van der Waals surface area contributed by atoms with E-state index >= 15 is 0 Å². The first-order chi connectivity index (χ1) is 7.36. The fraction of sp³-hybridized carbons (Fsp3) is 1.00. The van der Waals surface area contributed by atoms with Crippen LogP contribution in [0.3, 0.4) is 0 Å². The number of unbranched alkanes of at least 4 members (excludes halogenated alkanes) is 2. The van der Waals surface area contributed by atoms with Gasteiger partial charge in [-0.1, -0.05) is 26.7 Å². The Kier molecular flexibility index (Phi) is 7.03. The van der Waals surface area contributed by atoms with Gasteiger partial charge in [-0.05, 0) is 32.2 Å². The maximum Gasteiger partial charge on any atom is 0.0599 e. The second-order valence-corrected chi connectivity index (χ2v) is 4.62. The number of ether oxygens (including phenoxy) is 1. The van der Waals surface area contributed by atoms with E-state index in [2.05, 4.69) is 18.7 Å². The van der Waals surface area contributed by atoms with Crippen molar-refractivity contribution in [2.75, 3.05) is 26.2 Å². The molecule has 1 saturated heterocycles. The Morgan fingerprint density at radius 3 is 2.33 bits per heavy atom. The Labute approximate surface area is 95.0 Å². The summed E-state index contributed by atoms with van der Waals surface area (Å²) in [5.74, 6) is 0. The van der Waals surface area contributed by atoms with Gasteiger partial charge in [-0.2, -0.15) is 0 Å². The van der Waals surface area contributed by atoms with Gasteiger partial charge < -0.3 is 9.64 Å². The average molecular weight is 213 g/mol. The van der Waals surface area contributed by atoms with Crippen LogP contribution in [0.2, 0.25) is 0 Å². The molecule has 2 nitrogen and oxygen atoms in total. The molecule has 0 aromatic heterocycles. The molecule has 1 aliphatic rings. The zero-order valence-corrected chi connectivity index (χ0v) is 10.5. The Balaban J connectivity index is 2.02. The van der Waals surface area contributed by atoms with Crippen molar-refractivity contribution in [3.63, 3.8) is 0 Å². The zero-order valence-electron chi connectivity index (χ0n) is 10.5. The topological polar surface area (TPSA) is 12.5 Å². The van der Waals surface area contributed by atoms with Crippen molar-refractivity contribution in [3.8, 4) is 0 Å². The highest BCUT2D eigenvalue weighted by atomic mass is 16.5. The Morgan fingerprint density at radius 1 is 1.07 bits per heavy atom. The van der Waals surface area contributed by atoms with E-state index in [1.165, 1.54) is 58.2 Å². The molecule has 2 heteroatoms. The van der Waals surface area contributed by atoms with Gasteiger partial charge in [0.25, 0.3) is 0 Å². The third-order valence-corrected chi connectivity index (χ3v) is 3.21. The molecule has 1 aliphatic heterocycles. The number of hydrogen-bond acceptors (Lipinski definition) is 2. The van der Waals surface area contributed by atoms with Crippen LogP contribution < -0.4 is 0 Å². The third kappa shape index (κ3) is 5.53. The maximum atomic E-state index is 5.85.